The van der Waals surface area contributed by atoms with Crippen molar-refractivity contribution in [2.24, 2.45) is 0 Å². The SMILES string of the molecule is [O]C(=O)c1c(O)cccc1O. The molecule has 0 spiro atoms. The third-order valence-electron chi connectivity index (χ3n) is 1.22. The average molecular weight is 153 g/mol. The van der Waals surface area contributed by atoms with E-state index in [9.17, 15) is 9.90 Å². The summed E-state index contributed by atoms with van der Waals surface area (Å²) in [7, 11) is 0. The third kappa shape index (κ3) is 1.24. The summed E-state index contributed by atoms with van der Waals surface area (Å²) in [6.07, 6.45) is 0. The summed E-state index contributed by atoms with van der Waals surface area (Å²) in [5.41, 5.74) is -0.576. The quantitative estimate of drug-likeness (QED) is 0.622. The van der Waals surface area contributed by atoms with Gasteiger partial charge < -0.3 is 10.2 Å². The van der Waals surface area contributed by atoms with Crippen LogP contribution in [0.1, 0.15) is 10.4 Å². The van der Waals surface area contributed by atoms with Gasteiger partial charge in [-0.15, -0.1) is 0 Å². The van der Waals surface area contributed by atoms with E-state index in [4.69, 9.17) is 10.2 Å². The van der Waals surface area contributed by atoms with Crippen LogP contribution in [0.4, 0.5) is 0 Å². The fourth-order valence-electron chi connectivity index (χ4n) is 0.737. The zero-order valence-electron chi connectivity index (χ0n) is 5.44. The summed E-state index contributed by atoms with van der Waals surface area (Å²) in [6, 6.07) is 3.65. The second-order valence-electron chi connectivity index (χ2n) is 1.96. The fourth-order valence-corrected chi connectivity index (χ4v) is 0.737. The summed E-state index contributed by atoms with van der Waals surface area (Å²) >= 11 is 0. The number of carbonyl (C=O) groups excluding carboxylic acids is 1. The van der Waals surface area contributed by atoms with Crippen LogP contribution in [0.15, 0.2) is 18.2 Å². The van der Waals surface area contributed by atoms with Gasteiger partial charge in [0.2, 0.25) is 0 Å². The smallest absolute Gasteiger partial charge is 0.393 e. The molecule has 0 saturated carbocycles. The minimum Gasteiger partial charge on any atom is -0.507 e. The number of carbonyl (C=O) groups is 1. The summed E-state index contributed by atoms with van der Waals surface area (Å²) in [6.45, 7) is 0. The molecule has 0 fully saturated rings. The lowest BCUT2D eigenvalue weighted by molar-refractivity contribution is 0.0566. The maximum atomic E-state index is 10.2. The first-order valence-electron chi connectivity index (χ1n) is 2.85. The second-order valence-corrected chi connectivity index (χ2v) is 1.96. The molecule has 0 heterocycles. The predicted molar refractivity (Wildman–Crippen MR) is 34.8 cm³/mol. The molecule has 0 bridgehead atoms. The van der Waals surface area contributed by atoms with Crippen LogP contribution in [0.2, 0.25) is 0 Å². The van der Waals surface area contributed by atoms with Crippen molar-refractivity contribution in [2.45, 2.75) is 0 Å². The van der Waals surface area contributed by atoms with Crippen LogP contribution in [0.3, 0.4) is 0 Å². The lowest BCUT2D eigenvalue weighted by atomic mass is 10.2. The number of hydrogen-bond acceptors (Lipinski definition) is 3. The lowest BCUT2D eigenvalue weighted by Crippen LogP contribution is -1.94. The molecule has 4 nitrogen and oxygen atoms in total. The highest BCUT2D eigenvalue weighted by Crippen LogP contribution is 2.25. The maximum absolute atomic E-state index is 10.2. The monoisotopic (exact) mass is 153 g/mol. The number of rotatable bonds is 1. The normalized spacial score (nSPS) is 9.45. The van der Waals surface area contributed by atoms with E-state index in [0.29, 0.717) is 0 Å². The molecule has 1 aromatic carbocycles. The van der Waals surface area contributed by atoms with Gasteiger partial charge in [0.05, 0.1) is 0 Å². The van der Waals surface area contributed by atoms with Gasteiger partial charge in [-0.2, -0.15) is 0 Å². The van der Waals surface area contributed by atoms with Gasteiger partial charge in [0.25, 0.3) is 0 Å². The number of benzene rings is 1. The Hall–Kier alpha value is -1.71. The van der Waals surface area contributed by atoms with E-state index < -0.39 is 23.0 Å². The molecular formula is C7H5O4. The van der Waals surface area contributed by atoms with Crippen molar-refractivity contribution in [3.05, 3.63) is 23.8 Å². The molecule has 1 rings (SSSR count). The third-order valence-corrected chi connectivity index (χ3v) is 1.22. The molecule has 0 amide bonds. The van der Waals surface area contributed by atoms with Crippen LogP contribution in [0.25, 0.3) is 0 Å². The van der Waals surface area contributed by atoms with Crippen LogP contribution < -0.4 is 0 Å². The predicted octanol–water partition coefficient (Wildman–Crippen LogP) is 0.669. The maximum Gasteiger partial charge on any atom is 0.393 e. The van der Waals surface area contributed by atoms with Crippen LogP contribution in [-0.2, 0) is 5.11 Å². The van der Waals surface area contributed by atoms with Crippen LogP contribution in [-0.4, -0.2) is 16.2 Å². The highest BCUT2D eigenvalue weighted by Gasteiger charge is 2.15. The van der Waals surface area contributed by atoms with Crippen LogP contribution >= 0.6 is 0 Å². The van der Waals surface area contributed by atoms with E-state index in [1.54, 1.807) is 0 Å². The van der Waals surface area contributed by atoms with E-state index in [2.05, 4.69) is 0 Å². The Morgan fingerprint density at radius 3 is 1.91 bits per heavy atom. The van der Waals surface area contributed by atoms with E-state index >= 15 is 0 Å². The second kappa shape index (κ2) is 2.49. The molecule has 1 radical (unpaired) electrons. The summed E-state index contributed by atoms with van der Waals surface area (Å²) in [4.78, 5) is 10.2. The van der Waals surface area contributed by atoms with Gasteiger partial charge in [-0.05, 0) is 12.1 Å². The molecular weight excluding hydrogens is 148 g/mol. The number of phenols is 2. The first kappa shape index (κ1) is 7.40. The molecule has 0 aliphatic rings. The Labute approximate surface area is 62.3 Å². The summed E-state index contributed by atoms with van der Waals surface area (Å²) < 4.78 is 0. The van der Waals surface area contributed by atoms with Gasteiger partial charge in [0.15, 0.2) is 0 Å². The largest absolute Gasteiger partial charge is 0.507 e. The number of phenolic OH excluding ortho intramolecular Hbond substituents is 2. The molecule has 11 heavy (non-hydrogen) atoms. The summed E-state index contributed by atoms with van der Waals surface area (Å²) in [5, 5.41) is 28.0. The topological polar surface area (TPSA) is 77.4 Å². The number of aromatic hydroxyl groups is 2. The van der Waals surface area contributed by atoms with Crippen molar-refractivity contribution in [1.82, 2.24) is 0 Å². The minimum absolute atomic E-state index is 0.495. The Morgan fingerprint density at radius 1 is 1.18 bits per heavy atom. The Kier molecular flexibility index (Phi) is 1.68. The Bertz CT molecular complexity index is 272. The lowest BCUT2D eigenvalue weighted by Gasteiger charge is -1.98. The number of hydrogen-bond donors (Lipinski definition) is 2. The molecule has 0 aromatic heterocycles. The molecule has 2 N–H and O–H groups in total. The van der Waals surface area contributed by atoms with Crippen molar-refractivity contribution in [1.29, 1.82) is 0 Å². The first-order valence-corrected chi connectivity index (χ1v) is 2.85. The molecule has 0 atom stereocenters. The van der Waals surface area contributed by atoms with E-state index in [-0.39, 0.29) is 0 Å². The van der Waals surface area contributed by atoms with E-state index in [1.165, 1.54) is 6.07 Å². The molecule has 0 unspecified atom stereocenters. The molecule has 57 valence electrons. The fraction of sp³-hybridized carbons (Fsp3) is 0. The molecule has 1 aromatic rings. The van der Waals surface area contributed by atoms with Crippen molar-refractivity contribution in [3.63, 3.8) is 0 Å². The Morgan fingerprint density at radius 2 is 1.64 bits per heavy atom. The highest BCUT2D eigenvalue weighted by molar-refractivity contribution is 5.93. The molecule has 0 aliphatic heterocycles. The van der Waals surface area contributed by atoms with Crippen molar-refractivity contribution >= 4 is 5.97 Å². The summed E-state index contributed by atoms with van der Waals surface area (Å²) in [5.74, 6) is -2.59. The van der Waals surface area contributed by atoms with Gasteiger partial charge in [-0.1, -0.05) is 6.07 Å². The van der Waals surface area contributed by atoms with Gasteiger partial charge >= 0.3 is 5.97 Å². The van der Waals surface area contributed by atoms with E-state index in [1.807, 2.05) is 0 Å². The zero-order valence-corrected chi connectivity index (χ0v) is 5.44. The van der Waals surface area contributed by atoms with Crippen molar-refractivity contribution in [3.8, 4) is 11.5 Å². The van der Waals surface area contributed by atoms with Crippen LogP contribution in [0, 0.1) is 0 Å². The van der Waals surface area contributed by atoms with Gasteiger partial charge in [-0.25, -0.2) is 9.90 Å². The molecule has 0 aliphatic carbocycles. The van der Waals surface area contributed by atoms with Crippen LogP contribution in [0.5, 0.6) is 11.5 Å². The van der Waals surface area contributed by atoms with Gasteiger partial charge in [-0.3, -0.25) is 0 Å². The first-order chi connectivity index (χ1) is 5.13. The standard InChI is InChI=1S/C7H5O4/c8-4-2-1-3-5(9)6(4)7(10)11/h1-3,8-9H. The van der Waals surface area contributed by atoms with E-state index in [0.717, 1.165) is 12.1 Å². The average Bonchev–Trinajstić information content (AvgIpc) is 1.85. The Balaban J connectivity index is 3.32. The minimum atomic E-state index is -1.60. The van der Waals surface area contributed by atoms with Gasteiger partial charge in [0, 0.05) is 0 Å². The molecule has 4 heteroatoms. The highest BCUT2D eigenvalue weighted by atomic mass is 16.4. The van der Waals surface area contributed by atoms with Crippen molar-refractivity contribution < 1.29 is 20.1 Å². The van der Waals surface area contributed by atoms with Gasteiger partial charge in [0.1, 0.15) is 17.1 Å². The zero-order chi connectivity index (χ0) is 8.43. The van der Waals surface area contributed by atoms with Crippen molar-refractivity contribution in [2.75, 3.05) is 0 Å². The molecule has 0 saturated heterocycles.